The molecule has 27 heavy (non-hydrogen) atoms. The molecule has 0 aromatic heterocycles. The van der Waals surface area contributed by atoms with E-state index >= 15 is 0 Å². The summed E-state index contributed by atoms with van der Waals surface area (Å²) in [7, 11) is 0. The minimum Gasteiger partial charge on any atom is -0.384 e. The number of aliphatic hydroxyl groups excluding tert-OH is 1. The van der Waals surface area contributed by atoms with Gasteiger partial charge in [-0.1, -0.05) is 91.0 Å². The monoisotopic (exact) mass is 355 g/mol. The molecule has 0 saturated carbocycles. The van der Waals surface area contributed by atoms with E-state index in [0.717, 1.165) is 37.2 Å². The molecule has 1 atom stereocenters. The Hall–Kier alpha value is -2.68. The molecule has 0 amide bonds. The van der Waals surface area contributed by atoms with Gasteiger partial charge in [0.25, 0.3) is 0 Å². The van der Waals surface area contributed by atoms with Crippen molar-refractivity contribution >= 4 is 5.57 Å². The predicted molar refractivity (Wildman–Crippen MR) is 111 cm³/mol. The molecule has 136 valence electrons. The normalized spacial score (nSPS) is 16.0. The molecular weight excluding hydrogens is 330 g/mol. The van der Waals surface area contributed by atoms with E-state index in [0.29, 0.717) is 0 Å². The molecule has 1 N–H and O–H groups in total. The van der Waals surface area contributed by atoms with Gasteiger partial charge < -0.3 is 5.11 Å². The topological polar surface area (TPSA) is 23.5 Å². The number of rotatable bonds is 5. The van der Waals surface area contributed by atoms with Crippen LogP contribution in [0, 0.1) is 0 Å². The highest BCUT2D eigenvalue weighted by atomic mass is 16.3. The summed E-state index contributed by atoms with van der Waals surface area (Å²) in [5.41, 5.74) is 5.90. The van der Waals surface area contributed by atoms with Crippen LogP contribution in [-0.4, -0.2) is 23.1 Å². The summed E-state index contributed by atoms with van der Waals surface area (Å²) in [6, 6.07) is 28.8. The molecule has 4 rings (SSSR count). The summed E-state index contributed by atoms with van der Waals surface area (Å²) in [6.07, 6.45) is 2.84. The van der Waals surface area contributed by atoms with Crippen LogP contribution in [0.15, 0.2) is 91.0 Å². The molecule has 0 saturated heterocycles. The molecule has 0 spiro atoms. The molecule has 3 aromatic carbocycles. The highest BCUT2D eigenvalue weighted by Crippen LogP contribution is 2.27. The van der Waals surface area contributed by atoms with Crippen molar-refractivity contribution in [1.29, 1.82) is 0 Å². The lowest BCUT2D eigenvalue weighted by atomic mass is 9.95. The third-order valence-electron chi connectivity index (χ3n) is 5.25. The molecule has 1 unspecified atom stereocenters. The summed E-state index contributed by atoms with van der Waals surface area (Å²) < 4.78 is 0. The van der Waals surface area contributed by atoms with Gasteiger partial charge in [0.15, 0.2) is 0 Å². The number of aliphatic hydroxyl groups is 1. The lowest BCUT2D eigenvalue weighted by Gasteiger charge is -2.26. The first kappa shape index (κ1) is 17.7. The predicted octanol–water partition coefficient (Wildman–Crippen LogP) is 5.06. The summed E-state index contributed by atoms with van der Waals surface area (Å²) in [4.78, 5) is 2.48. The Morgan fingerprint density at radius 1 is 0.778 bits per heavy atom. The van der Waals surface area contributed by atoms with Gasteiger partial charge in [0.1, 0.15) is 6.10 Å². The van der Waals surface area contributed by atoms with Gasteiger partial charge in [0.05, 0.1) is 0 Å². The van der Waals surface area contributed by atoms with Crippen LogP contribution in [0.25, 0.3) is 5.57 Å². The van der Waals surface area contributed by atoms with Gasteiger partial charge in [-0.2, -0.15) is 0 Å². The van der Waals surface area contributed by atoms with Gasteiger partial charge in [-0.25, -0.2) is 0 Å². The summed E-state index contributed by atoms with van der Waals surface area (Å²) in [6.45, 7) is 3.07. The second-order valence-corrected chi connectivity index (χ2v) is 7.14. The lowest BCUT2D eigenvalue weighted by Crippen LogP contribution is -2.27. The minimum absolute atomic E-state index is 0.568. The van der Waals surface area contributed by atoms with Crippen LogP contribution in [0.5, 0.6) is 0 Å². The average molecular weight is 355 g/mol. The zero-order valence-electron chi connectivity index (χ0n) is 15.5. The van der Waals surface area contributed by atoms with Crippen molar-refractivity contribution < 1.29 is 5.11 Å². The van der Waals surface area contributed by atoms with Gasteiger partial charge in [0, 0.05) is 19.6 Å². The van der Waals surface area contributed by atoms with E-state index in [4.69, 9.17) is 0 Å². The fourth-order valence-electron chi connectivity index (χ4n) is 3.67. The van der Waals surface area contributed by atoms with Crippen molar-refractivity contribution in [3.05, 3.63) is 113 Å². The fourth-order valence-corrected chi connectivity index (χ4v) is 3.67. The average Bonchev–Trinajstić information content (AvgIpc) is 2.75. The SMILES string of the molecule is OC(c1ccccc1)c1ccc(C2=CCN(Cc3ccccc3)CC2)cc1. The molecule has 0 aliphatic carbocycles. The van der Waals surface area contributed by atoms with E-state index in [9.17, 15) is 5.11 Å². The van der Waals surface area contributed by atoms with Gasteiger partial charge in [-0.05, 0) is 34.2 Å². The number of hydrogen-bond donors (Lipinski definition) is 1. The van der Waals surface area contributed by atoms with E-state index in [-0.39, 0.29) is 0 Å². The molecule has 1 aliphatic rings. The number of hydrogen-bond acceptors (Lipinski definition) is 2. The van der Waals surface area contributed by atoms with Gasteiger partial charge in [0.2, 0.25) is 0 Å². The highest BCUT2D eigenvalue weighted by molar-refractivity contribution is 5.66. The lowest BCUT2D eigenvalue weighted by molar-refractivity contribution is 0.220. The van der Waals surface area contributed by atoms with Crippen molar-refractivity contribution in [2.45, 2.75) is 19.1 Å². The van der Waals surface area contributed by atoms with Crippen LogP contribution in [0.1, 0.15) is 34.8 Å². The van der Waals surface area contributed by atoms with Crippen molar-refractivity contribution in [2.24, 2.45) is 0 Å². The van der Waals surface area contributed by atoms with E-state index in [2.05, 4.69) is 53.4 Å². The second kappa shape index (κ2) is 8.34. The van der Waals surface area contributed by atoms with Crippen LogP contribution in [-0.2, 0) is 6.54 Å². The Labute approximate surface area is 161 Å². The van der Waals surface area contributed by atoms with Crippen LogP contribution in [0.3, 0.4) is 0 Å². The van der Waals surface area contributed by atoms with E-state index < -0.39 is 6.10 Å². The van der Waals surface area contributed by atoms with Crippen molar-refractivity contribution in [3.63, 3.8) is 0 Å². The van der Waals surface area contributed by atoms with E-state index in [1.807, 2.05) is 42.5 Å². The largest absolute Gasteiger partial charge is 0.384 e. The zero-order chi connectivity index (χ0) is 18.5. The Bertz CT molecular complexity index is 885. The maximum absolute atomic E-state index is 10.5. The minimum atomic E-state index is -0.568. The van der Waals surface area contributed by atoms with Crippen LogP contribution >= 0.6 is 0 Å². The first-order valence-corrected chi connectivity index (χ1v) is 9.58. The molecule has 2 nitrogen and oxygen atoms in total. The highest BCUT2D eigenvalue weighted by Gasteiger charge is 2.14. The zero-order valence-corrected chi connectivity index (χ0v) is 15.5. The summed E-state index contributed by atoms with van der Waals surface area (Å²) in [5.74, 6) is 0. The van der Waals surface area contributed by atoms with E-state index in [1.165, 1.54) is 16.7 Å². The molecule has 1 heterocycles. The number of nitrogens with zero attached hydrogens (tertiary/aromatic N) is 1. The Balaban J connectivity index is 1.41. The van der Waals surface area contributed by atoms with Crippen LogP contribution in [0.4, 0.5) is 0 Å². The van der Waals surface area contributed by atoms with Crippen LogP contribution < -0.4 is 0 Å². The van der Waals surface area contributed by atoms with Gasteiger partial charge >= 0.3 is 0 Å². The smallest absolute Gasteiger partial charge is 0.104 e. The Morgan fingerprint density at radius 2 is 1.41 bits per heavy atom. The first-order chi connectivity index (χ1) is 13.3. The molecular formula is C25H25NO. The standard InChI is InChI=1S/C25H25NO/c27-25(23-9-5-2-6-10-23)24-13-11-21(12-14-24)22-15-17-26(18-16-22)19-20-7-3-1-4-8-20/h1-15,25,27H,16-19H2. The van der Waals surface area contributed by atoms with E-state index in [1.54, 1.807) is 0 Å². The Morgan fingerprint density at radius 3 is 2.04 bits per heavy atom. The van der Waals surface area contributed by atoms with Crippen molar-refractivity contribution in [2.75, 3.05) is 13.1 Å². The second-order valence-electron chi connectivity index (χ2n) is 7.14. The summed E-state index contributed by atoms with van der Waals surface area (Å²) in [5, 5.41) is 10.5. The van der Waals surface area contributed by atoms with Gasteiger partial charge in [-0.15, -0.1) is 0 Å². The third kappa shape index (κ3) is 4.36. The maximum atomic E-state index is 10.5. The fraction of sp³-hybridized carbons (Fsp3) is 0.200. The molecule has 0 radical (unpaired) electrons. The third-order valence-corrected chi connectivity index (χ3v) is 5.25. The maximum Gasteiger partial charge on any atom is 0.104 e. The molecule has 0 fully saturated rings. The van der Waals surface area contributed by atoms with Crippen molar-refractivity contribution in [1.82, 2.24) is 4.90 Å². The quantitative estimate of drug-likeness (QED) is 0.692. The van der Waals surface area contributed by atoms with Crippen LogP contribution in [0.2, 0.25) is 0 Å². The van der Waals surface area contributed by atoms with Crippen molar-refractivity contribution in [3.8, 4) is 0 Å². The van der Waals surface area contributed by atoms with Gasteiger partial charge in [-0.3, -0.25) is 4.90 Å². The molecule has 0 bridgehead atoms. The molecule has 2 heteroatoms. The molecule has 3 aromatic rings. The Kier molecular flexibility index (Phi) is 5.47. The number of benzene rings is 3. The molecule has 1 aliphatic heterocycles. The summed E-state index contributed by atoms with van der Waals surface area (Å²) >= 11 is 0. The first-order valence-electron chi connectivity index (χ1n) is 9.58.